The molecule has 1 N–H and O–H groups in total. The van der Waals surface area contributed by atoms with Crippen LogP contribution in [0.2, 0.25) is 0 Å². The maximum absolute atomic E-state index is 11.2. The molecule has 0 unspecified atom stereocenters. The van der Waals surface area contributed by atoms with Crippen molar-refractivity contribution in [3.05, 3.63) is 23.7 Å². The van der Waals surface area contributed by atoms with Gasteiger partial charge in [0, 0.05) is 25.8 Å². The summed E-state index contributed by atoms with van der Waals surface area (Å²) < 4.78 is 14.5. The van der Waals surface area contributed by atoms with E-state index in [1.807, 2.05) is 0 Å². The average Bonchev–Trinajstić information content (AvgIpc) is 2.71. The van der Waals surface area contributed by atoms with Crippen LogP contribution in [0.5, 0.6) is 0 Å². The van der Waals surface area contributed by atoms with E-state index in [0.29, 0.717) is 13.2 Å². The van der Waals surface area contributed by atoms with Gasteiger partial charge < -0.3 is 19.2 Å². The average molecular weight is 213 g/mol. The highest BCUT2D eigenvalue weighted by atomic mass is 16.5. The van der Waals surface area contributed by atoms with Crippen LogP contribution in [0.25, 0.3) is 0 Å². The summed E-state index contributed by atoms with van der Waals surface area (Å²) in [6.45, 7) is 1.91. The summed E-state index contributed by atoms with van der Waals surface area (Å²) in [5, 5.41) is 3.12. The quantitative estimate of drug-likeness (QED) is 0.559. The number of hydrogen-bond donors (Lipinski definition) is 1. The summed E-state index contributed by atoms with van der Waals surface area (Å²) in [5.74, 6) is -0.203. The van der Waals surface area contributed by atoms with Gasteiger partial charge in [-0.15, -0.1) is 0 Å². The van der Waals surface area contributed by atoms with Crippen molar-refractivity contribution in [2.45, 2.75) is 6.54 Å². The van der Waals surface area contributed by atoms with Crippen LogP contribution in [0.4, 0.5) is 0 Å². The maximum Gasteiger partial charge on any atom is 0.374 e. The first-order chi connectivity index (χ1) is 7.29. The molecule has 0 saturated carbocycles. The zero-order valence-electron chi connectivity index (χ0n) is 8.91. The Kier molecular flexibility index (Phi) is 4.86. The van der Waals surface area contributed by atoms with E-state index in [1.165, 1.54) is 13.4 Å². The van der Waals surface area contributed by atoms with E-state index in [1.54, 1.807) is 13.2 Å². The molecule has 0 atom stereocenters. The number of rotatable bonds is 6. The van der Waals surface area contributed by atoms with Gasteiger partial charge in [0.2, 0.25) is 5.76 Å². The number of methoxy groups -OCH3 is 2. The lowest BCUT2D eigenvalue weighted by molar-refractivity contribution is 0.0563. The van der Waals surface area contributed by atoms with Crippen LogP contribution in [-0.4, -0.2) is 33.3 Å². The minimum absolute atomic E-state index is 0.252. The highest BCUT2D eigenvalue weighted by Gasteiger charge is 2.14. The van der Waals surface area contributed by atoms with Crippen molar-refractivity contribution in [1.29, 1.82) is 0 Å². The van der Waals surface area contributed by atoms with Crippen molar-refractivity contribution < 1.29 is 18.7 Å². The van der Waals surface area contributed by atoms with Gasteiger partial charge in [-0.1, -0.05) is 0 Å². The van der Waals surface area contributed by atoms with Crippen molar-refractivity contribution in [1.82, 2.24) is 5.32 Å². The molecule has 1 rings (SSSR count). The van der Waals surface area contributed by atoms with E-state index < -0.39 is 5.97 Å². The van der Waals surface area contributed by atoms with Crippen LogP contribution in [0.1, 0.15) is 16.1 Å². The summed E-state index contributed by atoms with van der Waals surface area (Å²) in [4.78, 5) is 11.2. The van der Waals surface area contributed by atoms with Gasteiger partial charge in [0.25, 0.3) is 0 Å². The molecule has 0 aliphatic carbocycles. The highest BCUT2D eigenvalue weighted by molar-refractivity contribution is 5.87. The third-order valence-corrected chi connectivity index (χ3v) is 1.92. The Morgan fingerprint density at radius 1 is 1.53 bits per heavy atom. The van der Waals surface area contributed by atoms with Gasteiger partial charge in [-0.3, -0.25) is 0 Å². The lowest BCUT2D eigenvalue weighted by Gasteiger charge is -2.03. The molecule has 0 amide bonds. The van der Waals surface area contributed by atoms with Crippen LogP contribution >= 0.6 is 0 Å². The Morgan fingerprint density at radius 2 is 2.33 bits per heavy atom. The molecule has 0 saturated heterocycles. The first-order valence-corrected chi connectivity index (χ1v) is 4.64. The van der Waals surface area contributed by atoms with Crippen molar-refractivity contribution in [2.75, 3.05) is 27.4 Å². The van der Waals surface area contributed by atoms with Crippen LogP contribution in [0.15, 0.2) is 16.7 Å². The normalized spacial score (nSPS) is 10.3. The van der Waals surface area contributed by atoms with Gasteiger partial charge in [0.05, 0.1) is 20.0 Å². The van der Waals surface area contributed by atoms with Gasteiger partial charge >= 0.3 is 5.97 Å². The minimum Gasteiger partial charge on any atom is -0.463 e. The van der Waals surface area contributed by atoms with E-state index in [2.05, 4.69) is 10.1 Å². The number of furan rings is 1. The summed E-state index contributed by atoms with van der Waals surface area (Å²) in [6, 6.07) is 1.74. The summed E-state index contributed by atoms with van der Waals surface area (Å²) in [5.41, 5.74) is 0.790. The molecule has 0 spiro atoms. The molecule has 0 aliphatic rings. The maximum atomic E-state index is 11.2. The molecular weight excluding hydrogens is 198 g/mol. The van der Waals surface area contributed by atoms with Crippen molar-refractivity contribution in [3.63, 3.8) is 0 Å². The topological polar surface area (TPSA) is 60.7 Å². The SMILES string of the molecule is COCCNCc1ccoc1C(=O)OC. The number of nitrogens with one attached hydrogen (secondary N) is 1. The number of carbonyl (C=O) groups is 1. The fourth-order valence-electron chi connectivity index (χ4n) is 1.14. The molecular formula is C10H15NO4. The molecule has 1 aromatic rings. The fourth-order valence-corrected chi connectivity index (χ4v) is 1.14. The molecule has 15 heavy (non-hydrogen) atoms. The van der Waals surface area contributed by atoms with Gasteiger partial charge in [-0.05, 0) is 6.07 Å². The summed E-state index contributed by atoms with van der Waals surface area (Å²) in [7, 11) is 2.96. The Bertz CT molecular complexity index is 308. The van der Waals surface area contributed by atoms with Crippen molar-refractivity contribution >= 4 is 5.97 Å². The van der Waals surface area contributed by atoms with E-state index in [-0.39, 0.29) is 5.76 Å². The number of ether oxygens (including phenoxy) is 2. The van der Waals surface area contributed by atoms with Crippen LogP contribution in [-0.2, 0) is 16.0 Å². The minimum atomic E-state index is -0.455. The third kappa shape index (κ3) is 3.38. The van der Waals surface area contributed by atoms with Crippen LogP contribution in [0, 0.1) is 0 Å². The fraction of sp³-hybridized carbons (Fsp3) is 0.500. The zero-order chi connectivity index (χ0) is 11.1. The molecule has 0 bridgehead atoms. The van der Waals surface area contributed by atoms with Crippen molar-refractivity contribution in [2.24, 2.45) is 0 Å². The second-order valence-electron chi connectivity index (χ2n) is 2.94. The molecule has 0 fully saturated rings. The summed E-state index contributed by atoms with van der Waals surface area (Å²) in [6.07, 6.45) is 1.47. The molecule has 1 aromatic heterocycles. The Hall–Kier alpha value is -1.33. The number of esters is 1. The van der Waals surface area contributed by atoms with Crippen LogP contribution < -0.4 is 5.32 Å². The molecule has 5 nitrogen and oxygen atoms in total. The van der Waals surface area contributed by atoms with Gasteiger partial charge in [-0.25, -0.2) is 4.79 Å². The van der Waals surface area contributed by atoms with E-state index in [9.17, 15) is 4.79 Å². The Balaban J connectivity index is 2.46. The molecule has 1 heterocycles. The van der Waals surface area contributed by atoms with Gasteiger partial charge in [0.15, 0.2) is 0 Å². The summed E-state index contributed by atoms with van der Waals surface area (Å²) >= 11 is 0. The smallest absolute Gasteiger partial charge is 0.374 e. The van der Waals surface area contributed by atoms with E-state index >= 15 is 0 Å². The second kappa shape index (κ2) is 6.21. The lowest BCUT2D eigenvalue weighted by Crippen LogP contribution is -2.19. The third-order valence-electron chi connectivity index (χ3n) is 1.92. The molecule has 0 aromatic carbocycles. The number of hydrogen-bond acceptors (Lipinski definition) is 5. The zero-order valence-corrected chi connectivity index (χ0v) is 8.91. The van der Waals surface area contributed by atoms with E-state index in [4.69, 9.17) is 9.15 Å². The Labute approximate surface area is 88.4 Å². The first-order valence-electron chi connectivity index (χ1n) is 4.64. The predicted molar refractivity (Wildman–Crippen MR) is 53.6 cm³/mol. The van der Waals surface area contributed by atoms with E-state index in [0.717, 1.165) is 12.1 Å². The standard InChI is InChI=1S/C10H15NO4/c1-13-6-4-11-7-8-3-5-15-9(8)10(12)14-2/h3,5,11H,4,6-7H2,1-2H3. The van der Waals surface area contributed by atoms with Crippen molar-refractivity contribution in [3.8, 4) is 0 Å². The van der Waals surface area contributed by atoms with Crippen LogP contribution in [0.3, 0.4) is 0 Å². The molecule has 0 aliphatic heterocycles. The largest absolute Gasteiger partial charge is 0.463 e. The predicted octanol–water partition coefficient (Wildman–Crippen LogP) is 0.802. The second-order valence-corrected chi connectivity index (χ2v) is 2.94. The number of carbonyl (C=O) groups excluding carboxylic acids is 1. The monoisotopic (exact) mass is 213 g/mol. The van der Waals surface area contributed by atoms with Gasteiger partial charge in [0.1, 0.15) is 0 Å². The highest BCUT2D eigenvalue weighted by Crippen LogP contribution is 2.11. The lowest BCUT2D eigenvalue weighted by atomic mass is 10.2. The first kappa shape index (κ1) is 11.7. The van der Waals surface area contributed by atoms with Gasteiger partial charge in [-0.2, -0.15) is 0 Å². The molecule has 5 heteroatoms. The molecule has 0 radical (unpaired) electrons. The molecule has 84 valence electrons. The Morgan fingerprint density at radius 3 is 3.00 bits per heavy atom.